The Morgan fingerprint density at radius 3 is 2.58 bits per heavy atom. The van der Waals surface area contributed by atoms with Crippen LogP contribution in [0.3, 0.4) is 0 Å². The number of urea groups is 1. The van der Waals surface area contributed by atoms with Gasteiger partial charge in [-0.1, -0.05) is 18.2 Å². The summed E-state index contributed by atoms with van der Waals surface area (Å²) in [4.78, 5) is 40.8. The number of rotatable bonds is 6. The summed E-state index contributed by atoms with van der Waals surface area (Å²) in [7, 11) is 0. The van der Waals surface area contributed by atoms with Gasteiger partial charge in [0.05, 0.1) is 6.54 Å². The molecule has 4 rings (SSSR count). The van der Waals surface area contributed by atoms with E-state index in [0.29, 0.717) is 25.4 Å². The number of amides is 4. The molecule has 1 aromatic carbocycles. The van der Waals surface area contributed by atoms with Crippen molar-refractivity contribution in [3.8, 4) is 0 Å². The van der Waals surface area contributed by atoms with Crippen molar-refractivity contribution in [3.05, 3.63) is 29.8 Å². The van der Waals surface area contributed by atoms with Gasteiger partial charge in [-0.2, -0.15) is 0 Å². The Balaban J connectivity index is 1.40. The van der Waals surface area contributed by atoms with Gasteiger partial charge in [-0.15, -0.1) is 0 Å². The molecule has 1 aromatic rings. The van der Waals surface area contributed by atoms with Crippen molar-refractivity contribution in [1.82, 2.24) is 15.1 Å². The first kappa shape index (κ1) is 16.9. The quantitative estimate of drug-likeness (QED) is 0.776. The van der Waals surface area contributed by atoms with Gasteiger partial charge in [-0.25, -0.2) is 4.79 Å². The van der Waals surface area contributed by atoms with Gasteiger partial charge in [0, 0.05) is 50.7 Å². The molecule has 0 spiro atoms. The van der Waals surface area contributed by atoms with Gasteiger partial charge in [0.2, 0.25) is 11.8 Å². The summed E-state index contributed by atoms with van der Waals surface area (Å²) in [6, 6.07) is 8.02. The van der Waals surface area contributed by atoms with E-state index in [4.69, 9.17) is 0 Å². The Hall–Kier alpha value is -2.57. The van der Waals surface area contributed by atoms with Crippen molar-refractivity contribution in [3.63, 3.8) is 0 Å². The lowest BCUT2D eigenvalue weighted by molar-refractivity contribution is -0.128. The Morgan fingerprint density at radius 2 is 1.85 bits per heavy atom. The first-order chi connectivity index (χ1) is 12.6. The molecule has 2 saturated heterocycles. The zero-order valence-corrected chi connectivity index (χ0v) is 14.8. The molecule has 0 aliphatic carbocycles. The third kappa shape index (κ3) is 3.13. The maximum absolute atomic E-state index is 11.8. The molecule has 1 atom stereocenters. The van der Waals surface area contributed by atoms with Crippen LogP contribution in [-0.4, -0.2) is 66.9 Å². The molecule has 3 heterocycles. The summed E-state index contributed by atoms with van der Waals surface area (Å²) in [6.45, 7) is 3.68. The fraction of sp³-hybridized carbons (Fsp3) is 0.526. The molecule has 26 heavy (non-hydrogen) atoms. The van der Waals surface area contributed by atoms with E-state index in [2.05, 4.69) is 22.3 Å². The predicted molar refractivity (Wildman–Crippen MR) is 96.9 cm³/mol. The van der Waals surface area contributed by atoms with Crippen LogP contribution in [-0.2, 0) is 9.59 Å². The molecule has 0 aromatic heterocycles. The number of para-hydroxylation sites is 1. The highest BCUT2D eigenvalue weighted by Crippen LogP contribution is 2.38. The average Bonchev–Trinajstić information content (AvgIpc) is 3.30. The lowest BCUT2D eigenvalue weighted by Crippen LogP contribution is -2.38. The van der Waals surface area contributed by atoms with E-state index < -0.39 is 0 Å². The molecule has 3 aliphatic rings. The number of anilines is 1. The number of nitrogens with zero attached hydrogens (tertiary/aromatic N) is 3. The standard InChI is InChI=1S/C19H24N4O3/c24-17-6-3-8-21(17)9-7-14-13-22(16-5-2-1-4-15(14)16)10-11-23-18(25)12-20-19(23)26/h1-2,4-5,14H,3,6-13H2,(H,20,26). The number of carbonyl (C=O) groups is 3. The van der Waals surface area contributed by atoms with Crippen molar-refractivity contribution in [2.24, 2.45) is 0 Å². The molecule has 0 radical (unpaired) electrons. The zero-order valence-electron chi connectivity index (χ0n) is 14.8. The topological polar surface area (TPSA) is 73.0 Å². The van der Waals surface area contributed by atoms with E-state index in [1.165, 1.54) is 16.2 Å². The first-order valence-corrected chi connectivity index (χ1v) is 9.33. The lowest BCUT2D eigenvalue weighted by atomic mass is 9.98. The van der Waals surface area contributed by atoms with Crippen LogP contribution < -0.4 is 10.2 Å². The Kier molecular flexibility index (Phi) is 4.53. The Labute approximate surface area is 152 Å². The third-order valence-corrected chi connectivity index (χ3v) is 5.61. The van der Waals surface area contributed by atoms with E-state index in [9.17, 15) is 14.4 Å². The highest BCUT2D eigenvalue weighted by atomic mass is 16.2. The summed E-state index contributed by atoms with van der Waals surface area (Å²) >= 11 is 0. The number of carbonyl (C=O) groups excluding carboxylic acids is 3. The number of fused-ring (bicyclic) bond motifs is 1. The average molecular weight is 356 g/mol. The summed E-state index contributed by atoms with van der Waals surface area (Å²) in [5.41, 5.74) is 2.48. The molecule has 4 amide bonds. The molecule has 1 unspecified atom stereocenters. The highest BCUT2D eigenvalue weighted by Gasteiger charge is 2.32. The molecule has 2 fully saturated rings. The fourth-order valence-corrected chi connectivity index (χ4v) is 4.20. The molecule has 3 aliphatic heterocycles. The van der Waals surface area contributed by atoms with Crippen LogP contribution in [0.1, 0.15) is 30.7 Å². The van der Waals surface area contributed by atoms with Crippen molar-refractivity contribution in [2.75, 3.05) is 44.2 Å². The Morgan fingerprint density at radius 1 is 1.00 bits per heavy atom. The maximum atomic E-state index is 11.8. The number of hydrogen-bond acceptors (Lipinski definition) is 4. The van der Waals surface area contributed by atoms with Gasteiger partial charge >= 0.3 is 6.03 Å². The van der Waals surface area contributed by atoms with Crippen LogP contribution in [0.4, 0.5) is 10.5 Å². The summed E-state index contributed by atoms with van der Waals surface area (Å²) in [6.07, 6.45) is 2.60. The number of benzene rings is 1. The van der Waals surface area contributed by atoms with E-state index in [0.717, 1.165) is 32.5 Å². The number of nitrogens with one attached hydrogen (secondary N) is 1. The molecule has 0 saturated carbocycles. The number of imide groups is 1. The summed E-state index contributed by atoms with van der Waals surface area (Å²) < 4.78 is 0. The minimum atomic E-state index is -0.299. The SMILES string of the molecule is O=C1CCCN1CCC1CN(CCN2C(=O)CNC2=O)c2ccccc21. The van der Waals surface area contributed by atoms with Crippen molar-refractivity contribution >= 4 is 23.5 Å². The maximum Gasteiger partial charge on any atom is 0.324 e. The summed E-state index contributed by atoms with van der Waals surface area (Å²) in [5.74, 6) is 0.487. The van der Waals surface area contributed by atoms with Gasteiger partial charge < -0.3 is 15.1 Å². The lowest BCUT2D eigenvalue weighted by Gasteiger charge is -2.23. The molecular formula is C19H24N4O3. The first-order valence-electron chi connectivity index (χ1n) is 9.33. The van der Waals surface area contributed by atoms with E-state index in [-0.39, 0.29) is 24.4 Å². The van der Waals surface area contributed by atoms with Crippen LogP contribution in [0.5, 0.6) is 0 Å². The van der Waals surface area contributed by atoms with Crippen LogP contribution in [0.25, 0.3) is 0 Å². The minimum Gasteiger partial charge on any atom is -0.369 e. The second kappa shape index (κ2) is 6.97. The van der Waals surface area contributed by atoms with Gasteiger partial charge in [-0.3, -0.25) is 14.5 Å². The largest absolute Gasteiger partial charge is 0.369 e. The van der Waals surface area contributed by atoms with Crippen LogP contribution in [0.15, 0.2) is 24.3 Å². The second-order valence-electron chi connectivity index (χ2n) is 7.18. The summed E-state index contributed by atoms with van der Waals surface area (Å²) in [5, 5.41) is 2.56. The third-order valence-electron chi connectivity index (χ3n) is 5.61. The van der Waals surface area contributed by atoms with Crippen molar-refractivity contribution in [2.45, 2.75) is 25.2 Å². The Bertz CT molecular complexity index is 719. The molecule has 7 heteroatoms. The molecule has 1 N–H and O–H groups in total. The monoisotopic (exact) mass is 356 g/mol. The molecule has 0 bridgehead atoms. The van der Waals surface area contributed by atoms with Crippen molar-refractivity contribution in [1.29, 1.82) is 0 Å². The molecule has 138 valence electrons. The normalized spacial score (nSPS) is 22.4. The molecule has 7 nitrogen and oxygen atoms in total. The van der Waals surface area contributed by atoms with Crippen LogP contribution in [0, 0.1) is 0 Å². The van der Waals surface area contributed by atoms with Crippen molar-refractivity contribution < 1.29 is 14.4 Å². The van der Waals surface area contributed by atoms with E-state index in [1.807, 2.05) is 17.0 Å². The minimum absolute atomic E-state index is 0.0991. The fourth-order valence-electron chi connectivity index (χ4n) is 4.20. The van der Waals surface area contributed by atoms with Gasteiger partial charge in [0.1, 0.15) is 0 Å². The van der Waals surface area contributed by atoms with Gasteiger partial charge in [0.25, 0.3) is 0 Å². The second-order valence-corrected chi connectivity index (χ2v) is 7.18. The smallest absolute Gasteiger partial charge is 0.324 e. The number of likely N-dealkylation sites (tertiary alicyclic amines) is 1. The van der Waals surface area contributed by atoms with Crippen LogP contribution in [0.2, 0.25) is 0 Å². The van der Waals surface area contributed by atoms with Crippen LogP contribution >= 0.6 is 0 Å². The highest BCUT2D eigenvalue weighted by molar-refractivity contribution is 6.01. The predicted octanol–water partition coefficient (Wildman–Crippen LogP) is 1.15. The number of hydrogen-bond donors (Lipinski definition) is 1. The van der Waals surface area contributed by atoms with E-state index >= 15 is 0 Å². The van der Waals surface area contributed by atoms with Gasteiger partial charge in [0.15, 0.2) is 0 Å². The zero-order chi connectivity index (χ0) is 18.1. The van der Waals surface area contributed by atoms with E-state index in [1.54, 1.807) is 0 Å². The molecular weight excluding hydrogens is 332 g/mol. The van der Waals surface area contributed by atoms with Gasteiger partial charge in [-0.05, 0) is 24.5 Å².